The number of amides is 1. The van der Waals surface area contributed by atoms with E-state index in [1.807, 2.05) is 31.2 Å². The van der Waals surface area contributed by atoms with Crippen LogP contribution >= 0.6 is 50.6 Å². The van der Waals surface area contributed by atoms with E-state index in [0.717, 1.165) is 24.8 Å². The summed E-state index contributed by atoms with van der Waals surface area (Å²) < 4.78 is 8.26. The zero-order valence-electron chi connectivity index (χ0n) is 13.2. The highest BCUT2D eigenvalue weighted by atomic mass is 79.9. The number of hydrogen-bond donors (Lipinski definition) is 1. The first-order valence-electron chi connectivity index (χ1n) is 7.46. The van der Waals surface area contributed by atoms with Crippen molar-refractivity contribution in [3.05, 3.63) is 45.9 Å². The largest absolute Gasteiger partial charge is 0.494 e. The lowest BCUT2D eigenvalue weighted by atomic mass is 10.3. The van der Waals surface area contributed by atoms with Crippen LogP contribution in [0.4, 0.5) is 5.69 Å². The molecule has 0 unspecified atom stereocenters. The van der Waals surface area contributed by atoms with Gasteiger partial charge in [-0.15, -0.1) is 11.3 Å². The van der Waals surface area contributed by atoms with Gasteiger partial charge in [0.25, 0.3) is 0 Å². The van der Waals surface area contributed by atoms with E-state index < -0.39 is 0 Å². The molecule has 0 aliphatic heterocycles. The van der Waals surface area contributed by atoms with Crippen molar-refractivity contribution in [2.24, 2.45) is 0 Å². The molecule has 0 aliphatic rings. The van der Waals surface area contributed by atoms with Crippen LogP contribution in [0.1, 0.15) is 6.92 Å². The third kappa shape index (κ3) is 4.88. The second kappa shape index (κ2) is 8.40. The molecule has 1 aromatic heterocycles. The Morgan fingerprint density at radius 1 is 1.36 bits per heavy atom. The zero-order valence-corrected chi connectivity index (χ0v) is 17.2. The molecule has 25 heavy (non-hydrogen) atoms. The Morgan fingerprint density at radius 3 is 2.96 bits per heavy atom. The highest BCUT2D eigenvalue weighted by Gasteiger charge is 2.10. The Morgan fingerprint density at radius 2 is 2.20 bits per heavy atom. The van der Waals surface area contributed by atoms with E-state index in [-0.39, 0.29) is 11.7 Å². The van der Waals surface area contributed by atoms with Gasteiger partial charge >= 0.3 is 0 Å². The predicted octanol–water partition coefficient (Wildman–Crippen LogP) is 5.84. The number of halogens is 2. The quantitative estimate of drug-likeness (QED) is 0.472. The van der Waals surface area contributed by atoms with Gasteiger partial charge in [0.15, 0.2) is 4.34 Å². The molecule has 0 radical (unpaired) electrons. The van der Waals surface area contributed by atoms with Crippen molar-refractivity contribution >= 4 is 72.4 Å². The number of carbonyl (C=O) groups excluding carboxylic acids is 1. The van der Waals surface area contributed by atoms with Crippen LogP contribution in [0.2, 0.25) is 5.02 Å². The number of aromatic nitrogens is 1. The van der Waals surface area contributed by atoms with E-state index in [1.54, 1.807) is 23.5 Å². The molecule has 1 heterocycles. The summed E-state index contributed by atoms with van der Waals surface area (Å²) in [6.07, 6.45) is 0. The summed E-state index contributed by atoms with van der Waals surface area (Å²) in [4.78, 5) is 16.7. The number of nitrogens with one attached hydrogen (secondary N) is 1. The van der Waals surface area contributed by atoms with E-state index in [2.05, 4.69) is 26.2 Å². The summed E-state index contributed by atoms with van der Waals surface area (Å²) in [5.74, 6) is 0.978. The third-order valence-corrected chi connectivity index (χ3v) is 6.15. The first kappa shape index (κ1) is 18.5. The molecular formula is C17H14BrClN2O2S2. The lowest BCUT2D eigenvalue weighted by Crippen LogP contribution is -2.14. The number of fused-ring (bicyclic) bond motifs is 1. The SMILES string of the molecule is CCOc1ccc2nc(SCC(=O)Nc3ccc(Br)cc3Cl)sc2c1. The molecule has 1 amide bonds. The van der Waals surface area contributed by atoms with Gasteiger partial charge in [-0.05, 0) is 43.3 Å². The van der Waals surface area contributed by atoms with Gasteiger partial charge in [-0.1, -0.05) is 39.3 Å². The Bertz CT molecular complexity index is 917. The second-order valence-corrected chi connectivity index (χ2v) is 8.58. The van der Waals surface area contributed by atoms with E-state index in [1.165, 1.54) is 11.8 Å². The summed E-state index contributed by atoms with van der Waals surface area (Å²) in [6.45, 7) is 2.58. The van der Waals surface area contributed by atoms with Gasteiger partial charge in [-0.3, -0.25) is 4.79 Å². The average molecular weight is 458 g/mol. The van der Waals surface area contributed by atoms with Gasteiger partial charge in [0.1, 0.15) is 5.75 Å². The minimum atomic E-state index is -0.122. The van der Waals surface area contributed by atoms with E-state index in [4.69, 9.17) is 16.3 Å². The van der Waals surface area contributed by atoms with Crippen molar-refractivity contribution in [1.82, 2.24) is 4.98 Å². The number of nitrogens with zero attached hydrogens (tertiary/aromatic N) is 1. The Hall–Kier alpha value is -1.28. The number of rotatable bonds is 6. The molecule has 1 N–H and O–H groups in total. The van der Waals surface area contributed by atoms with E-state index in [0.29, 0.717) is 17.3 Å². The Labute approximate surface area is 167 Å². The number of thiazole rings is 1. The van der Waals surface area contributed by atoms with Crippen LogP contribution in [0.25, 0.3) is 10.2 Å². The minimum absolute atomic E-state index is 0.122. The van der Waals surface area contributed by atoms with E-state index in [9.17, 15) is 4.79 Å². The Kier molecular flexibility index (Phi) is 6.22. The van der Waals surface area contributed by atoms with Crippen LogP contribution < -0.4 is 10.1 Å². The molecule has 3 aromatic rings. The Balaban J connectivity index is 1.62. The standard InChI is InChI=1S/C17H14BrClN2O2S2/c1-2-23-11-4-6-14-15(8-11)25-17(21-14)24-9-16(22)20-13-5-3-10(18)7-12(13)19/h3-8H,2,9H2,1H3,(H,20,22). The number of carbonyl (C=O) groups is 1. The van der Waals surface area contributed by atoms with Crippen molar-refractivity contribution in [2.75, 3.05) is 17.7 Å². The number of ether oxygens (including phenoxy) is 1. The number of anilines is 1. The van der Waals surface area contributed by atoms with Crippen molar-refractivity contribution in [3.63, 3.8) is 0 Å². The number of hydrogen-bond acceptors (Lipinski definition) is 5. The van der Waals surface area contributed by atoms with Crippen LogP contribution in [0.3, 0.4) is 0 Å². The second-order valence-electron chi connectivity index (χ2n) is 5.00. The predicted molar refractivity (Wildman–Crippen MR) is 109 cm³/mol. The molecule has 0 spiro atoms. The summed E-state index contributed by atoms with van der Waals surface area (Å²) in [7, 11) is 0. The lowest BCUT2D eigenvalue weighted by Gasteiger charge is -2.06. The van der Waals surface area contributed by atoms with Crippen molar-refractivity contribution < 1.29 is 9.53 Å². The van der Waals surface area contributed by atoms with Crippen molar-refractivity contribution in [3.8, 4) is 5.75 Å². The summed E-state index contributed by atoms with van der Waals surface area (Å²) >= 11 is 12.4. The molecule has 0 bridgehead atoms. The molecule has 4 nitrogen and oxygen atoms in total. The summed E-state index contributed by atoms with van der Waals surface area (Å²) in [5, 5.41) is 3.31. The molecule has 0 aliphatic carbocycles. The maximum atomic E-state index is 12.1. The number of thioether (sulfide) groups is 1. The van der Waals surface area contributed by atoms with Crippen molar-refractivity contribution in [2.45, 2.75) is 11.3 Å². The maximum absolute atomic E-state index is 12.1. The average Bonchev–Trinajstić information content (AvgIpc) is 2.98. The monoisotopic (exact) mass is 456 g/mol. The zero-order chi connectivity index (χ0) is 17.8. The molecule has 0 atom stereocenters. The lowest BCUT2D eigenvalue weighted by molar-refractivity contribution is -0.113. The molecule has 3 rings (SSSR count). The molecule has 0 fully saturated rings. The van der Waals surface area contributed by atoms with Crippen LogP contribution in [-0.4, -0.2) is 23.3 Å². The van der Waals surface area contributed by atoms with Gasteiger partial charge in [-0.25, -0.2) is 4.98 Å². The molecule has 130 valence electrons. The number of benzene rings is 2. The third-order valence-electron chi connectivity index (χ3n) is 3.18. The van der Waals surface area contributed by atoms with Crippen LogP contribution in [-0.2, 0) is 4.79 Å². The van der Waals surface area contributed by atoms with Crippen LogP contribution in [0.5, 0.6) is 5.75 Å². The maximum Gasteiger partial charge on any atom is 0.234 e. The fourth-order valence-corrected chi connectivity index (χ4v) is 4.72. The summed E-state index contributed by atoms with van der Waals surface area (Å²) in [6, 6.07) is 11.2. The van der Waals surface area contributed by atoms with Gasteiger partial charge in [0.2, 0.25) is 5.91 Å². The fourth-order valence-electron chi connectivity index (χ4n) is 2.11. The normalized spacial score (nSPS) is 10.8. The van der Waals surface area contributed by atoms with Gasteiger partial charge < -0.3 is 10.1 Å². The van der Waals surface area contributed by atoms with Crippen molar-refractivity contribution in [1.29, 1.82) is 0 Å². The fraction of sp³-hybridized carbons (Fsp3) is 0.176. The van der Waals surface area contributed by atoms with Gasteiger partial charge in [0.05, 0.1) is 33.3 Å². The smallest absolute Gasteiger partial charge is 0.234 e. The van der Waals surface area contributed by atoms with Gasteiger partial charge in [-0.2, -0.15) is 0 Å². The van der Waals surface area contributed by atoms with Crippen LogP contribution in [0.15, 0.2) is 45.2 Å². The first-order chi connectivity index (χ1) is 12.0. The molecule has 2 aromatic carbocycles. The van der Waals surface area contributed by atoms with E-state index >= 15 is 0 Å². The van der Waals surface area contributed by atoms with Gasteiger partial charge in [0, 0.05) is 4.47 Å². The molecular weight excluding hydrogens is 444 g/mol. The highest BCUT2D eigenvalue weighted by Crippen LogP contribution is 2.32. The molecule has 0 saturated carbocycles. The molecule has 0 saturated heterocycles. The highest BCUT2D eigenvalue weighted by molar-refractivity contribution is 9.10. The van der Waals surface area contributed by atoms with Crippen LogP contribution in [0, 0.1) is 0 Å². The summed E-state index contributed by atoms with van der Waals surface area (Å²) in [5.41, 5.74) is 1.51. The first-order valence-corrected chi connectivity index (χ1v) is 10.4. The molecule has 8 heteroatoms. The topological polar surface area (TPSA) is 51.2 Å². The minimum Gasteiger partial charge on any atom is -0.494 e.